The standard InChI is InChI=1S/C14H22N2O2.ClH/c1-12-11-15-7-8-16(12)9-10-18-14-5-3-13(17-2)4-6-14;/h3-6,12,15H,7-11H2,1-2H3;1H/t12-;/m1./s1. The van der Waals surface area contributed by atoms with Gasteiger partial charge >= 0.3 is 0 Å². The van der Waals surface area contributed by atoms with Crippen LogP contribution in [0.25, 0.3) is 0 Å². The summed E-state index contributed by atoms with van der Waals surface area (Å²) in [5.74, 6) is 1.76. The van der Waals surface area contributed by atoms with Crippen LogP contribution in [0.5, 0.6) is 11.5 Å². The molecule has 4 nitrogen and oxygen atoms in total. The molecule has 0 spiro atoms. The summed E-state index contributed by atoms with van der Waals surface area (Å²) in [6, 6.07) is 8.32. The highest BCUT2D eigenvalue weighted by molar-refractivity contribution is 5.85. The molecule has 0 aromatic heterocycles. The average molecular weight is 287 g/mol. The molecule has 1 aromatic carbocycles. The Morgan fingerprint density at radius 1 is 1.26 bits per heavy atom. The van der Waals surface area contributed by atoms with Gasteiger partial charge in [0.05, 0.1) is 7.11 Å². The van der Waals surface area contributed by atoms with Gasteiger partial charge in [0.25, 0.3) is 0 Å². The molecule has 1 aliphatic heterocycles. The van der Waals surface area contributed by atoms with Gasteiger partial charge < -0.3 is 14.8 Å². The SMILES string of the molecule is COc1ccc(OCCN2CCNC[C@H]2C)cc1.Cl. The first-order valence-corrected chi connectivity index (χ1v) is 6.51. The number of ether oxygens (including phenoxy) is 2. The number of rotatable bonds is 5. The van der Waals surface area contributed by atoms with Crippen LogP contribution in [-0.2, 0) is 0 Å². The summed E-state index contributed by atoms with van der Waals surface area (Å²) in [5, 5.41) is 3.39. The van der Waals surface area contributed by atoms with E-state index in [1.54, 1.807) is 7.11 Å². The molecule has 0 bridgehead atoms. The maximum absolute atomic E-state index is 5.74. The second-order valence-electron chi connectivity index (χ2n) is 4.61. The molecule has 0 amide bonds. The number of hydrogen-bond donors (Lipinski definition) is 1. The zero-order valence-electron chi connectivity index (χ0n) is 11.6. The second-order valence-corrected chi connectivity index (χ2v) is 4.61. The van der Waals surface area contributed by atoms with Gasteiger partial charge in [-0.25, -0.2) is 0 Å². The molecule has 2 rings (SSSR count). The lowest BCUT2D eigenvalue weighted by molar-refractivity contribution is 0.143. The van der Waals surface area contributed by atoms with Crippen molar-refractivity contribution in [2.24, 2.45) is 0 Å². The Morgan fingerprint density at radius 2 is 1.95 bits per heavy atom. The Bertz CT molecular complexity index is 359. The molecular formula is C14H23ClN2O2. The lowest BCUT2D eigenvalue weighted by atomic mass is 10.2. The first-order chi connectivity index (χ1) is 8.79. The summed E-state index contributed by atoms with van der Waals surface area (Å²) in [6.45, 7) is 7.22. The van der Waals surface area contributed by atoms with Crippen LogP contribution in [0, 0.1) is 0 Å². The van der Waals surface area contributed by atoms with Crippen LogP contribution in [0.3, 0.4) is 0 Å². The van der Waals surface area contributed by atoms with Gasteiger partial charge in [0.2, 0.25) is 0 Å². The molecule has 1 aliphatic rings. The van der Waals surface area contributed by atoms with Crippen molar-refractivity contribution >= 4 is 12.4 Å². The number of nitrogens with one attached hydrogen (secondary N) is 1. The molecule has 1 N–H and O–H groups in total. The monoisotopic (exact) mass is 286 g/mol. The Kier molecular flexibility index (Phi) is 6.99. The van der Waals surface area contributed by atoms with Gasteiger partial charge in [-0.1, -0.05) is 0 Å². The number of nitrogens with zero attached hydrogens (tertiary/aromatic N) is 1. The van der Waals surface area contributed by atoms with Crippen LogP contribution in [0.1, 0.15) is 6.92 Å². The highest BCUT2D eigenvalue weighted by atomic mass is 35.5. The van der Waals surface area contributed by atoms with Crippen LogP contribution in [0.15, 0.2) is 24.3 Å². The average Bonchev–Trinajstić information content (AvgIpc) is 2.42. The van der Waals surface area contributed by atoms with Crippen LogP contribution in [0.4, 0.5) is 0 Å². The smallest absolute Gasteiger partial charge is 0.119 e. The fourth-order valence-corrected chi connectivity index (χ4v) is 2.17. The third-order valence-corrected chi connectivity index (χ3v) is 3.35. The van der Waals surface area contributed by atoms with E-state index in [2.05, 4.69) is 17.1 Å². The third-order valence-electron chi connectivity index (χ3n) is 3.35. The number of halogens is 1. The Hall–Kier alpha value is -0.970. The molecule has 0 unspecified atom stereocenters. The molecule has 1 heterocycles. The van der Waals surface area contributed by atoms with Crippen molar-refractivity contribution in [1.29, 1.82) is 0 Å². The quantitative estimate of drug-likeness (QED) is 0.895. The number of methoxy groups -OCH3 is 1. The fourth-order valence-electron chi connectivity index (χ4n) is 2.17. The highest BCUT2D eigenvalue weighted by Crippen LogP contribution is 2.17. The summed E-state index contributed by atoms with van der Waals surface area (Å²) in [5.41, 5.74) is 0. The van der Waals surface area contributed by atoms with Crippen LogP contribution in [0.2, 0.25) is 0 Å². The molecular weight excluding hydrogens is 264 g/mol. The largest absolute Gasteiger partial charge is 0.497 e. The van der Waals surface area contributed by atoms with Gasteiger partial charge in [0, 0.05) is 32.2 Å². The van der Waals surface area contributed by atoms with E-state index in [9.17, 15) is 0 Å². The molecule has 0 radical (unpaired) electrons. The zero-order valence-corrected chi connectivity index (χ0v) is 12.4. The van der Waals surface area contributed by atoms with E-state index in [1.165, 1.54) is 0 Å². The minimum atomic E-state index is 0. The predicted molar refractivity (Wildman–Crippen MR) is 79.6 cm³/mol. The molecule has 5 heteroatoms. The summed E-state index contributed by atoms with van der Waals surface area (Å²) >= 11 is 0. The summed E-state index contributed by atoms with van der Waals surface area (Å²) in [7, 11) is 1.67. The summed E-state index contributed by atoms with van der Waals surface area (Å²) < 4.78 is 10.9. The van der Waals surface area contributed by atoms with Crippen molar-refractivity contribution in [2.45, 2.75) is 13.0 Å². The third kappa shape index (κ3) is 4.90. The van der Waals surface area contributed by atoms with Crippen molar-refractivity contribution in [1.82, 2.24) is 10.2 Å². The maximum Gasteiger partial charge on any atom is 0.119 e. The van der Waals surface area contributed by atoms with Crippen molar-refractivity contribution in [3.8, 4) is 11.5 Å². The van der Waals surface area contributed by atoms with Crippen LogP contribution in [-0.4, -0.2) is 50.8 Å². The van der Waals surface area contributed by atoms with Crippen LogP contribution < -0.4 is 14.8 Å². The van der Waals surface area contributed by atoms with Gasteiger partial charge in [-0.3, -0.25) is 4.90 Å². The van der Waals surface area contributed by atoms with Gasteiger partial charge in [0.1, 0.15) is 18.1 Å². The van der Waals surface area contributed by atoms with Crippen molar-refractivity contribution in [3.05, 3.63) is 24.3 Å². The summed E-state index contributed by atoms with van der Waals surface area (Å²) in [6.07, 6.45) is 0. The second kappa shape index (κ2) is 8.25. The topological polar surface area (TPSA) is 33.7 Å². The minimum Gasteiger partial charge on any atom is -0.497 e. The molecule has 1 aromatic rings. The molecule has 1 fully saturated rings. The zero-order chi connectivity index (χ0) is 12.8. The number of piperazine rings is 1. The van der Waals surface area contributed by atoms with Crippen molar-refractivity contribution < 1.29 is 9.47 Å². The fraction of sp³-hybridized carbons (Fsp3) is 0.571. The molecule has 0 saturated carbocycles. The van der Waals surface area contributed by atoms with E-state index in [1.807, 2.05) is 24.3 Å². The van der Waals surface area contributed by atoms with Crippen molar-refractivity contribution in [3.63, 3.8) is 0 Å². The van der Waals surface area contributed by atoms with Gasteiger partial charge in [-0.2, -0.15) is 0 Å². The Balaban J connectivity index is 0.00000180. The lowest BCUT2D eigenvalue weighted by Gasteiger charge is -2.33. The highest BCUT2D eigenvalue weighted by Gasteiger charge is 2.16. The van der Waals surface area contributed by atoms with E-state index in [0.29, 0.717) is 6.04 Å². The van der Waals surface area contributed by atoms with E-state index < -0.39 is 0 Å². The van der Waals surface area contributed by atoms with Gasteiger partial charge in [-0.05, 0) is 31.2 Å². The van der Waals surface area contributed by atoms with Gasteiger partial charge in [-0.15, -0.1) is 12.4 Å². The van der Waals surface area contributed by atoms with Crippen LogP contribution >= 0.6 is 12.4 Å². The summed E-state index contributed by atoms with van der Waals surface area (Å²) in [4.78, 5) is 2.46. The number of hydrogen-bond acceptors (Lipinski definition) is 4. The minimum absolute atomic E-state index is 0. The van der Waals surface area contributed by atoms with E-state index >= 15 is 0 Å². The van der Waals surface area contributed by atoms with E-state index in [0.717, 1.165) is 44.3 Å². The van der Waals surface area contributed by atoms with Crippen molar-refractivity contribution in [2.75, 3.05) is 39.9 Å². The predicted octanol–water partition coefficient (Wildman–Crippen LogP) is 1.79. The first kappa shape index (κ1) is 16.1. The molecule has 1 saturated heterocycles. The van der Waals surface area contributed by atoms with Gasteiger partial charge in [0.15, 0.2) is 0 Å². The number of benzene rings is 1. The van der Waals surface area contributed by atoms with E-state index in [4.69, 9.17) is 9.47 Å². The molecule has 19 heavy (non-hydrogen) atoms. The Morgan fingerprint density at radius 3 is 2.58 bits per heavy atom. The lowest BCUT2D eigenvalue weighted by Crippen LogP contribution is -2.50. The molecule has 108 valence electrons. The Labute approximate surface area is 121 Å². The molecule has 0 aliphatic carbocycles. The molecule has 1 atom stereocenters. The van der Waals surface area contributed by atoms with E-state index in [-0.39, 0.29) is 12.4 Å². The maximum atomic E-state index is 5.74. The normalized spacial score (nSPS) is 19.6. The first-order valence-electron chi connectivity index (χ1n) is 6.51.